The number of hydrazone groups is 1. The van der Waals surface area contributed by atoms with Crippen molar-refractivity contribution in [3.05, 3.63) is 56.3 Å². The first-order valence-electron chi connectivity index (χ1n) is 7.16. The van der Waals surface area contributed by atoms with Gasteiger partial charge < -0.3 is 0 Å². The van der Waals surface area contributed by atoms with Gasteiger partial charge in [-0.15, -0.1) is 11.3 Å². The lowest BCUT2D eigenvalue weighted by molar-refractivity contribution is 0.0959. The summed E-state index contributed by atoms with van der Waals surface area (Å²) in [7, 11) is 0. The van der Waals surface area contributed by atoms with Crippen LogP contribution in [-0.4, -0.2) is 12.1 Å². The van der Waals surface area contributed by atoms with Crippen molar-refractivity contribution in [2.45, 2.75) is 33.1 Å². The number of hydrogen-bond donors (Lipinski definition) is 1. The van der Waals surface area contributed by atoms with Crippen molar-refractivity contribution in [2.24, 2.45) is 5.10 Å². The molecule has 0 spiro atoms. The molecule has 1 amide bonds. The largest absolute Gasteiger partial charge is 0.281 e. The minimum absolute atomic E-state index is 0.115. The Morgan fingerprint density at radius 1 is 1.29 bits per heavy atom. The Balaban J connectivity index is 1.66. The van der Waals surface area contributed by atoms with Gasteiger partial charge in [0.2, 0.25) is 0 Å². The SMILES string of the molecule is Cc1ccc(/C=N\NC(=O)c2cc3c(s2)CCC3)c(C)c1. The van der Waals surface area contributed by atoms with Crippen LogP contribution in [0.3, 0.4) is 0 Å². The molecule has 0 saturated carbocycles. The molecule has 108 valence electrons. The predicted octanol–water partition coefficient (Wildman–Crippen LogP) is 3.62. The van der Waals surface area contributed by atoms with Crippen molar-refractivity contribution in [1.82, 2.24) is 5.43 Å². The molecule has 0 bridgehead atoms. The second-order valence-corrected chi connectivity index (χ2v) is 6.61. The first-order chi connectivity index (χ1) is 10.1. The summed E-state index contributed by atoms with van der Waals surface area (Å²) in [5, 5.41) is 4.07. The highest BCUT2D eigenvalue weighted by atomic mass is 32.1. The van der Waals surface area contributed by atoms with E-state index in [9.17, 15) is 4.79 Å². The summed E-state index contributed by atoms with van der Waals surface area (Å²) in [4.78, 5) is 14.2. The number of carbonyl (C=O) groups excluding carboxylic acids is 1. The molecule has 2 aromatic rings. The first-order valence-corrected chi connectivity index (χ1v) is 7.97. The van der Waals surface area contributed by atoms with Crippen LogP contribution < -0.4 is 5.43 Å². The number of benzene rings is 1. The Hall–Kier alpha value is -1.94. The molecule has 3 rings (SSSR count). The van der Waals surface area contributed by atoms with Gasteiger partial charge in [0, 0.05) is 4.88 Å². The number of carbonyl (C=O) groups is 1. The molecule has 0 saturated heterocycles. The Morgan fingerprint density at radius 2 is 2.14 bits per heavy atom. The van der Waals surface area contributed by atoms with Gasteiger partial charge >= 0.3 is 0 Å². The van der Waals surface area contributed by atoms with Gasteiger partial charge in [0.15, 0.2) is 0 Å². The molecule has 1 N–H and O–H groups in total. The van der Waals surface area contributed by atoms with Gasteiger partial charge in [-0.2, -0.15) is 5.10 Å². The van der Waals surface area contributed by atoms with Crippen molar-refractivity contribution < 1.29 is 4.79 Å². The van der Waals surface area contributed by atoms with Gasteiger partial charge in [-0.05, 0) is 55.9 Å². The van der Waals surface area contributed by atoms with Crippen LogP contribution in [0.4, 0.5) is 0 Å². The monoisotopic (exact) mass is 298 g/mol. The van der Waals surface area contributed by atoms with E-state index in [0.29, 0.717) is 0 Å². The van der Waals surface area contributed by atoms with Crippen molar-refractivity contribution in [3.63, 3.8) is 0 Å². The van der Waals surface area contributed by atoms with E-state index in [1.165, 1.54) is 22.4 Å². The molecule has 3 nitrogen and oxygen atoms in total. The molecule has 4 heteroatoms. The molecule has 1 aromatic heterocycles. The van der Waals surface area contributed by atoms with Gasteiger partial charge in [-0.25, -0.2) is 5.43 Å². The van der Waals surface area contributed by atoms with Gasteiger partial charge in [-0.1, -0.05) is 23.8 Å². The zero-order valence-electron chi connectivity index (χ0n) is 12.3. The molecular weight excluding hydrogens is 280 g/mol. The van der Waals surface area contributed by atoms with Crippen molar-refractivity contribution >= 4 is 23.5 Å². The Bertz CT molecular complexity index is 694. The summed E-state index contributed by atoms with van der Waals surface area (Å²) >= 11 is 1.60. The maximum Gasteiger partial charge on any atom is 0.281 e. The lowest BCUT2D eigenvalue weighted by atomic mass is 10.1. The highest BCUT2D eigenvalue weighted by Gasteiger charge is 2.17. The van der Waals surface area contributed by atoms with Gasteiger partial charge in [-0.3, -0.25) is 4.79 Å². The summed E-state index contributed by atoms with van der Waals surface area (Å²) in [5.74, 6) is -0.115. The number of amides is 1. The topological polar surface area (TPSA) is 41.5 Å². The number of thiophene rings is 1. The normalized spacial score (nSPS) is 13.6. The van der Waals surface area contributed by atoms with E-state index in [-0.39, 0.29) is 5.91 Å². The van der Waals surface area contributed by atoms with E-state index in [1.54, 1.807) is 17.6 Å². The molecule has 21 heavy (non-hydrogen) atoms. The number of aryl methyl sites for hydroxylation is 4. The predicted molar refractivity (Wildman–Crippen MR) is 87.3 cm³/mol. The van der Waals surface area contributed by atoms with Crippen LogP contribution in [0.25, 0.3) is 0 Å². The van der Waals surface area contributed by atoms with Crippen LogP contribution >= 0.6 is 11.3 Å². The van der Waals surface area contributed by atoms with E-state index >= 15 is 0 Å². The minimum Gasteiger partial charge on any atom is -0.266 e. The number of rotatable bonds is 3. The van der Waals surface area contributed by atoms with Gasteiger partial charge in [0.1, 0.15) is 0 Å². The Kier molecular flexibility index (Phi) is 3.88. The molecule has 0 radical (unpaired) electrons. The van der Waals surface area contributed by atoms with Crippen LogP contribution in [0.5, 0.6) is 0 Å². The second-order valence-electron chi connectivity index (χ2n) is 5.47. The van der Waals surface area contributed by atoms with Crippen LogP contribution in [0.2, 0.25) is 0 Å². The third kappa shape index (κ3) is 3.05. The van der Waals surface area contributed by atoms with E-state index in [0.717, 1.165) is 28.8 Å². The van der Waals surface area contributed by atoms with Crippen LogP contribution in [0.15, 0.2) is 29.4 Å². The molecule has 0 unspecified atom stereocenters. The number of hydrogen-bond acceptors (Lipinski definition) is 3. The van der Waals surface area contributed by atoms with Crippen LogP contribution in [0.1, 0.15) is 43.2 Å². The lowest BCUT2D eigenvalue weighted by Crippen LogP contribution is -2.16. The molecular formula is C17H18N2OS. The number of nitrogens with zero attached hydrogens (tertiary/aromatic N) is 1. The second kappa shape index (κ2) is 5.82. The third-order valence-corrected chi connectivity index (χ3v) is 5.00. The highest BCUT2D eigenvalue weighted by molar-refractivity contribution is 7.14. The summed E-state index contributed by atoms with van der Waals surface area (Å²) in [5.41, 5.74) is 7.36. The molecule has 0 atom stereocenters. The Morgan fingerprint density at radius 3 is 2.90 bits per heavy atom. The first kappa shape index (κ1) is 14.0. The Labute approximate surface area is 128 Å². The summed E-state index contributed by atoms with van der Waals surface area (Å²) in [6.45, 7) is 4.10. The van der Waals surface area contributed by atoms with E-state index in [2.05, 4.69) is 23.5 Å². The fraction of sp³-hybridized carbons (Fsp3) is 0.294. The zero-order chi connectivity index (χ0) is 14.8. The molecule has 1 aliphatic rings. The van der Waals surface area contributed by atoms with Crippen molar-refractivity contribution in [1.29, 1.82) is 0 Å². The highest BCUT2D eigenvalue weighted by Crippen LogP contribution is 2.30. The average Bonchev–Trinajstić information content (AvgIpc) is 3.02. The standard InChI is InChI=1S/C17H18N2OS/c1-11-6-7-14(12(2)8-11)10-18-19-17(20)16-9-13-4-3-5-15(13)21-16/h6-10H,3-5H2,1-2H3,(H,19,20)/b18-10-. The smallest absolute Gasteiger partial charge is 0.266 e. The van der Waals surface area contributed by atoms with E-state index < -0.39 is 0 Å². The maximum atomic E-state index is 12.1. The number of nitrogens with one attached hydrogen (secondary N) is 1. The third-order valence-electron chi connectivity index (χ3n) is 3.77. The lowest BCUT2D eigenvalue weighted by Gasteiger charge is -2.01. The minimum atomic E-state index is -0.115. The van der Waals surface area contributed by atoms with Crippen LogP contribution in [0, 0.1) is 13.8 Å². The average molecular weight is 298 g/mol. The van der Waals surface area contributed by atoms with Crippen LogP contribution in [-0.2, 0) is 12.8 Å². The number of fused-ring (bicyclic) bond motifs is 1. The van der Waals surface area contributed by atoms with Crippen molar-refractivity contribution in [2.75, 3.05) is 0 Å². The molecule has 1 heterocycles. The molecule has 1 aromatic carbocycles. The summed E-state index contributed by atoms with van der Waals surface area (Å²) in [6.07, 6.45) is 5.13. The fourth-order valence-corrected chi connectivity index (χ4v) is 3.77. The van der Waals surface area contributed by atoms with Crippen molar-refractivity contribution in [3.8, 4) is 0 Å². The fourth-order valence-electron chi connectivity index (χ4n) is 2.63. The molecule has 1 aliphatic carbocycles. The molecule has 0 fully saturated rings. The van der Waals surface area contributed by atoms with E-state index in [4.69, 9.17) is 0 Å². The van der Waals surface area contributed by atoms with E-state index in [1.807, 2.05) is 25.1 Å². The molecule has 0 aliphatic heterocycles. The summed E-state index contributed by atoms with van der Waals surface area (Å²) < 4.78 is 0. The quantitative estimate of drug-likeness (QED) is 0.682. The maximum absolute atomic E-state index is 12.1. The zero-order valence-corrected chi connectivity index (χ0v) is 13.1. The van der Waals surface area contributed by atoms with Gasteiger partial charge in [0.25, 0.3) is 5.91 Å². The summed E-state index contributed by atoms with van der Waals surface area (Å²) in [6, 6.07) is 8.17. The van der Waals surface area contributed by atoms with Gasteiger partial charge in [0.05, 0.1) is 11.1 Å².